The van der Waals surface area contributed by atoms with Crippen molar-refractivity contribution in [1.82, 2.24) is 25.4 Å². The van der Waals surface area contributed by atoms with Crippen LogP contribution in [0.5, 0.6) is 0 Å². The largest absolute Gasteiger partial charge is 0.480 e. The molecule has 0 spiro atoms. The Hall–Kier alpha value is -3.93. The van der Waals surface area contributed by atoms with Crippen molar-refractivity contribution in [2.45, 2.75) is 123 Å². The molecule has 5 N–H and O–H groups in total. The highest BCUT2D eigenvalue weighted by molar-refractivity contribution is 5.97. The smallest absolute Gasteiger partial charge is 0.326 e. The molecule has 3 rings (SSSR count). The Morgan fingerprint density at radius 3 is 2.13 bits per heavy atom. The zero-order valence-electron chi connectivity index (χ0n) is 28.0. The van der Waals surface area contributed by atoms with Gasteiger partial charge in [0.15, 0.2) is 0 Å². The van der Waals surface area contributed by atoms with Crippen LogP contribution in [0.3, 0.4) is 0 Å². The fraction of sp³-hybridized carbons (Fsp3) is 0.618. The molecule has 1 aliphatic rings. The van der Waals surface area contributed by atoms with Crippen LogP contribution < -0.4 is 16.0 Å². The summed E-state index contributed by atoms with van der Waals surface area (Å²) in [6.07, 6.45) is 6.03. The normalized spacial score (nSPS) is 18.8. The highest BCUT2D eigenvalue weighted by Crippen LogP contribution is 2.26. The third-order valence-electron chi connectivity index (χ3n) is 8.58. The molecule has 1 aliphatic heterocycles. The van der Waals surface area contributed by atoms with Gasteiger partial charge in [-0.2, -0.15) is 0 Å². The lowest BCUT2D eigenvalue weighted by molar-refractivity contribution is -0.142. The SMILES string of the molecule is CCCC[C@@H](NC(=O)[C@@H](Cc1cn(C(=O)CO)c2ccccc12)NC(=O)[C@H](CC(C)(C)C)NC(=O)N1[C@H](C)CCC[C@@H]1C)C(=O)O. The van der Waals surface area contributed by atoms with E-state index >= 15 is 0 Å². The molecule has 0 unspecified atom stereocenters. The number of aliphatic hydroxyl groups is 1. The molecule has 4 amide bonds. The van der Waals surface area contributed by atoms with Gasteiger partial charge >= 0.3 is 12.0 Å². The number of likely N-dealkylation sites (tertiary alicyclic amines) is 1. The monoisotopic (exact) mass is 641 g/mol. The number of carbonyl (C=O) groups excluding carboxylic acids is 4. The number of carboxylic acid groups (broad SMARTS) is 1. The molecule has 2 aromatic rings. The van der Waals surface area contributed by atoms with E-state index in [9.17, 15) is 34.2 Å². The van der Waals surface area contributed by atoms with Crippen molar-refractivity contribution >= 4 is 40.6 Å². The number of nitrogens with zero attached hydrogens (tertiary/aromatic N) is 2. The molecule has 12 heteroatoms. The number of fused-ring (bicyclic) bond motifs is 1. The fourth-order valence-corrected chi connectivity index (χ4v) is 6.20. The van der Waals surface area contributed by atoms with E-state index in [4.69, 9.17) is 0 Å². The average Bonchev–Trinajstić information content (AvgIpc) is 3.35. The number of amides is 4. The third-order valence-corrected chi connectivity index (χ3v) is 8.58. The Morgan fingerprint density at radius 1 is 0.935 bits per heavy atom. The number of hydrogen-bond acceptors (Lipinski definition) is 6. The second kappa shape index (κ2) is 16.1. The Balaban J connectivity index is 1.97. The Kier molecular flexibility index (Phi) is 12.8. The Morgan fingerprint density at radius 2 is 1.54 bits per heavy atom. The number of aliphatic hydroxyl groups excluding tert-OH is 1. The molecule has 1 aromatic carbocycles. The van der Waals surface area contributed by atoms with Gasteiger partial charge in [0.2, 0.25) is 11.8 Å². The lowest BCUT2D eigenvalue weighted by Crippen LogP contribution is -2.60. The number of carbonyl (C=O) groups is 5. The van der Waals surface area contributed by atoms with E-state index in [0.717, 1.165) is 25.7 Å². The van der Waals surface area contributed by atoms with Crippen LogP contribution in [0, 0.1) is 5.41 Å². The zero-order valence-corrected chi connectivity index (χ0v) is 28.0. The standard InChI is InChI=1S/C34H51N5O7/c1-7-8-15-25(32(44)45)35-30(42)26(17-23-19-38(29(41)20-40)28-16-10-9-14-24(23)28)36-31(43)27(18-34(4,5)6)37-33(46)39-21(2)12-11-13-22(39)3/h9-10,14,16,19,21-22,25-27,40H,7-8,11-13,15,17-18,20H2,1-6H3,(H,35,42)(H,36,43)(H,37,46)(H,44,45)/t21-,22+,25-,26-,27+/m1/s1. The van der Waals surface area contributed by atoms with Crippen molar-refractivity contribution in [3.05, 3.63) is 36.0 Å². The second-order valence-corrected chi connectivity index (χ2v) is 13.7. The van der Waals surface area contributed by atoms with Crippen LogP contribution in [-0.4, -0.2) is 86.2 Å². The number of benzene rings is 1. The molecular formula is C34H51N5O7. The Labute approximate surface area is 271 Å². The second-order valence-electron chi connectivity index (χ2n) is 13.7. The maximum absolute atomic E-state index is 14.0. The highest BCUT2D eigenvalue weighted by atomic mass is 16.4. The predicted molar refractivity (Wildman–Crippen MR) is 175 cm³/mol. The van der Waals surface area contributed by atoms with Crippen molar-refractivity contribution in [1.29, 1.82) is 0 Å². The molecule has 0 aliphatic carbocycles. The number of piperidine rings is 1. The van der Waals surface area contributed by atoms with Crippen LogP contribution in [0.25, 0.3) is 10.9 Å². The van der Waals surface area contributed by atoms with Gasteiger partial charge in [-0.25, -0.2) is 9.59 Å². The molecule has 1 aromatic heterocycles. The highest BCUT2D eigenvalue weighted by Gasteiger charge is 2.35. The summed E-state index contributed by atoms with van der Waals surface area (Å²) in [5.41, 5.74) is 0.709. The number of para-hydroxylation sites is 1. The van der Waals surface area contributed by atoms with Crippen molar-refractivity contribution in [3.63, 3.8) is 0 Å². The van der Waals surface area contributed by atoms with Gasteiger partial charge in [-0.3, -0.25) is 19.0 Å². The van der Waals surface area contributed by atoms with Gasteiger partial charge in [0.05, 0.1) is 5.52 Å². The van der Waals surface area contributed by atoms with Crippen LogP contribution in [0.2, 0.25) is 0 Å². The van der Waals surface area contributed by atoms with Gasteiger partial charge in [-0.05, 0) is 63.0 Å². The van der Waals surface area contributed by atoms with Crippen molar-refractivity contribution < 1.29 is 34.2 Å². The van der Waals surface area contributed by atoms with E-state index in [1.165, 1.54) is 10.8 Å². The van der Waals surface area contributed by atoms with Crippen molar-refractivity contribution in [2.24, 2.45) is 5.41 Å². The molecule has 5 atom stereocenters. The maximum Gasteiger partial charge on any atom is 0.326 e. The molecule has 0 saturated carbocycles. The minimum Gasteiger partial charge on any atom is -0.480 e. The third kappa shape index (κ3) is 9.54. The maximum atomic E-state index is 14.0. The van der Waals surface area contributed by atoms with E-state index in [2.05, 4.69) is 16.0 Å². The number of unbranched alkanes of at least 4 members (excludes halogenated alkanes) is 1. The van der Waals surface area contributed by atoms with Crippen LogP contribution >= 0.6 is 0 Å². The number of hydrogen-bond donors (Lipinski definition) is 5. The minimum absolute atomic E-state index is 0.00986. The van der Waals surface area contributed by atoms with Crippen molar-refractivity contribution in [2.75, 3.05) is 6.61 Å². The van der Waals surface area contributed by atoms with Crippen LogP contribution in [-0.2, 0) is 20.8 Å². The zero-order chi connectivity index (χ0) is 34.2. The lowest BCUT2D eigenvalue weighted by atomic mass is 9.87. The van der Waals surface area contributed by atoms with Crippen LogP contribution in [0.4, 0.5) is 4.79 Å². The predicted octanol–water partition coefficient (Wildman–Crippen LogP) is 3.84. The van der Waals surface area contributed by atoms with Gasteiger partial charge in [-0.15, -0.1) is 0 Å². The lowest BCUT2D eigenvalue weighted by Gasteiger charge is -2.40. The first-order valence-corrected chi connectivity index (χ1v) is 16.3. The molecular weight excluding hydrogens is 590 g/mol. The molecule has 12 nitrogen and oxygen atoms in total. The van der Waals surface area contributed by atoms with Crippen LogP contribution in [0.1, 0.15) is 96.8 Å². The van der Waals surface area contributed by atoms with Gasteiger partial charge in [-0.1, -0.05) is 58.7 Å². The molecule has 0 radical (unpaired) electrons. The molecule has 1 fully saturated rings. The van der Waals surface area contributed by atoms with Gasteiger partial charge in [0.25, 0.3) is 5.91 Å². The number of rotatable bonds is 13. The first kappa shape index (κ1) is 36.5. The van der Waals surface area contributed by atoms with Gasteiger partial charge < -0.3 is 31.1 Å². The minimum atomic E-state index is -1.23. The van der Waals surface area contributed by atoms with E-state index in [0.29, 0.717) is 22.9 Å². The van der Waals surface area contributed by atoms with Gasteiger partial charge in [0, 0.05) is 30.1 Å². The van der Waals surface area contributed by atoms with Crippen molar-refractivity contribution in [3.8, 4) is 0 Å². The summed E-state index contributed by atoms with van der Waals surface area (Å²) in [6, 6.07) is 3.31. The molecule has 46 heavy (non-hydrogen) atoms. The molecule has 0 bridgehead atoms. The number of aliphatic carboxylic acids is 1. The summed E-state index contributed by atoms with van der Waals surface area (Å²) in [5, 5.41) is 28.3. The quantitative estimate of drug-likeness (QED) is 0.221. The van der Waals surface area contributed by atoms with E-state index in [-0.39, 0.29) is 42.8 Å². The fourth-order valence-electron chi connectivity index (χ4n) is 6.20. The summed E-state index contributed by atoms with van der Waals surface area (Å²) in [7, 11) is 0. The number of nitrogens with one attached hydrogen (secondary N) is 3. The first-order valence-electron chi connectivity index (χ1n) is 16.3. The number of carboxylic acids is 1. The summed E-state index contributed by atoms with van der Waals surface area (Å²) < 4.78 is 1.30. The first-order chi connectivity index (χ1) is 21.7. The average molecular weight is 642 g/mol. The van der Waals surface area contributed by atoms with Crippen LogP contribution in [0.15, 0.2) is 30.5 Å². The number of aromatic nitrogens is 1. The molecule has 2 heterocycles. The summed E-state index contributed by atoms with van der Waals surface area (Å²) in [4.78, 5) is 67.6. The molecule has 1 saturated heterocycles. The van der Waals surface area contributed by atoms with E-state index in [1.807, 2.05) is 41.5 Å². The van der Waals surface area contributed by atoms with E-state index < -0.39 is 48.4 Å². The summed E-state index contributed by atoms with van der Waals surface area (Å²) >= 11 is 0. The topological polar surface area (TPSA) is 170 Å². The van der Waals surface area contributed by atoms with Gasteiger partial charge in [0.1, 0.15) is 24.7 Å². The van der Waals surface area contributed by atoms with E-state index in [1.54, 1.807) is 29.2 Å². The summed E-state index contributed by atoms with van der Waals surface area (Å²) in [5.74, 6) is -3.01. The molecule has 254 valence electrons. The Bertz CT molecular complexity index is 1390. The summed E-state index contributed by atoms with van der Waals surface area (Å²) in [6.45, 7) is 11.0. The number of urea groups is 1.